The van der Waals surface area contributed by atoms with E-state index >= 15 is 0 Å². The molecule has 1 fully saturated rings. The van der Waals surface area contributed by atoms with E-state index in [1.165, 1.54) is 10.9 Å². The van der Waals surface area contributed by atoms with Crippen LogP contribution in [0.25, 0.3) is 10.8 Å². The first-order chi connectivity index (χ1) is 16.0. The number of nitrogens with two attached hydrogens (primary N) is 1. The van der Waals surface area contributed by atoms with Crippen molar-refractivity contribution in [2.75, 3.05) is 32.8 Å². The third-order valence-electron chi connectivity index (χ3n) is 5.88. The molecular weight excluding hydrogens is 424 g/mol. The summed E-state index contributed by atoms with van der Waals surface area (Å²) in [6, 6.07) is 12.6. The molecule has 2 aromatic rings. The predicted molar refractivity (Wildman–Crippen MR) is 127 cm³/mol. The first-order valence-electron chi connectivity index (χ1n) is 11.9. The number of aliphatic hydroxyl groups excluding tert-OH is 3. The Morgan fingerprint density at radius 3 is 2.73 bits per heavy atom. The number of ether oxygens (including phenoxy) is 3. The zero-order valence-corrected chi connectivity index (χ0v) is 19.4. The smallest absolute Gasteiger partial charge is 0.155 e. The molecule has 1 saturated heterocycles. The molecule has 1 aliphatic rings. The zero-order chi connectivity index (χ0) is 23.6. The summed E-state index contributed by atoms with van der Waals surface area (Å²) in [5.74, 6) is 0.827. The number of aryl methyl sites for hydroxylation is 1. The Bertz CT molecular complexity index is 851. The molecule has 184 valence electrons. The van der Waals surface area contributed by atoms with Crippen LogP contribution in [-0.2, 0) is 15.9 Å². The van der Waals surface area contributed by atoms with E-state index < -0.39 is 30.7 Å². The molecule has 0 spiro atoms. The lowest BCUT2D eigenvalue weighted by molar-refractivity contribution is -0.271. The summed E-state index contributed by atoms with van der Waals surface area (Å²) in [4.78, 5) is 0. The normalized spacial score (nSPS) is 22.9. The van der Waals surface area contributed by atoms with E-state index in [9.17, 15) is 15.3 Å². The minimum Gasteiger partial charge on any atom is -0.494 e. The van der Waals surface area contributed by atoms with Crippen LogP contribution in [0, 0.1) is 0 Å². The second-order valence-electron chi connectivity index (χ2n) is 8.62. The first kappa shape index (κ1) is 25.8. The molecule has 3 rings (SSSR count). The number of rotatable bonds is 13. The van der Waals surface area contributed by atoms with E-state index in [-0.39, 0.29) is 13.2 Å². The van der Waals surface area contributed by atoms with Crippen molar-refractivity contribution in [3.05, 3.63) is 42.0 Å². The Balaban J connectivity index is 1.35. The minimum absolute atomic E-state index is 0.0745. The monoisotopic (exact) mass is 462 g/mol. The van der Waals surface area contributed by atoms with Crippen LogP contribution in [0.5, 0.6) is 5.75 Å². The van der Waals surface area contributed by atoms with E-state index in [4.69, 9.17) is 19.9 Å². The highest BCUT2D eigenvalue weighted by atomic mass is 16.7. The molecule has 2 aromatic carbocycles. The van der Waals surface area contributed by atoms with Crippen LogP contribution in [0.1, 0.15) is 31.7 Å². The molecule has 8 heteroatoms. The van der Waals surface area contributed by atoms with Gasteiger partial charge in [-0.3, -0.25) is 0 Å². The number of unbranched alkanes of at least 4 members (excludes halogenated alkanes) is 1. The van der Waals surface area contributed by atoms with Crippen LogP contribution in [0.4, 0.5) is 0 Å². The van der Waals surface area contributed by atoms with Gasteiger partial charge in [-0.2, -0.15) is 0 Å². The maximum absolute atomic E-state index is 10.3. The summed E-state index contributed by atoms with van der Waals surface area (Å²) in [7, 11) is 0. The molecule has 1 unspecified atom stereocenters. The molecule has 0 saturated carbocycles. The van der Waals surface area contributed by atoms with Gasteiger partial charge in [0.25, 0.3) is 0 Å². The largest absolute Gasteiger partial charge is 0.494 e. The lowest BCUT2D eigenvalue weighted by Crippen LogP contribution is -2.54. The van der Waals surface area contributed by atoms with Gasteiger partial charge in [-0.1, -0.05) is 24.3 Å². The molecule has 0 aromatic heterocycles. The van der Waals surface area contributed by atoms with Crippen molar-refractivity contribution in [2.45, 2.75) is 63.3 Å². The lowest BCUT2D eigenvalue weighted by atomic mass is 10.0. The van der Waals surface area contributed by atoms with Gasteiger partial charge in [0, 0.05) is 6.54 Å². The van der Waals surface area contributed by atoms with E-state index in [0.717, 1.165) is 43.4 Å². The van der Waals surface area contributed by atoms with Crippen molar-refractivity contribution in [2.24, 2.45) is 5.73 Å². The molecule has 5 atom stereocenters. The average Bonchev–Trinajstić information content (AvgIpc) is 2.82. The van der Waals surface area contributed by atoms with Gasteiger partial charge in [-0.05, 0) is 74.2 Å². The highest BCUT2D eigenvalue weighted by Gasteiger charge is 2.37. The van der Waals surface area contributed by atoms with E-state index in [1.54, 1.807) is 6.92 Å². The van der Waals surface area contributed by atoms with Crippen molar-refractivity contribution in [1.82, 2.24) is 5.32 Å². The number of hydrogen-bond acceptors (Lipinski definition) is 8. The zero-order valence-electron chi connectivity index (χ0n) is 19.4. The molecule has 0 amide bonds. The van der Waals surface area contributed by atoms with Gasteiger partial charge in [0.15, 0.2) is 6.29 Å². The van der Waals surface area contributed by atoms with Crippen LogP contribution in [0.2, 0.25) is 0 Å². The van der Waals surface area contributed by atoms with Gasteiger partial charge < -0.3 is 40.6 Å². The van der Waals surface area contributed by atoms with Gasteiger partial charge in [-0.25, -0.2) is 0 Å². The van der Waals surface area contributed by atoms with Crippen LogP contribution in [0.3, 0.4) is 0 Å². The fourth-order valence-corrected chi connectivity index (χ4v) is 3.96. The Labute approximate surface area is 195 Å². The van der Waals surface area contributed by atoms with Crippen molar-refractivity contribution < 1.29 is 29.5 Å². The highest BCUT2D eigenvalue weighted by Crippen LogP contribution is 2.23. The van der Waals surface area contributed by atoms with Gasteiger partial charge in [-0.15, -0.1) is 0 Å². The summed E-state index contributed by atoms with van der Waals surface area (Å²) < 4.78 is 16.4. The molecule has 1 aliphatic heterocycles. The molecule has 1 heterocycles. The van der Waals surface area contributed by atoms with E-state index in [2.05, 4.69) is 29.6 Å². The highest BCUT2D eigenvalue weighted by molar-refractivity contribution is 5.84. The third kappa shape index (κ3) is 7.89. The van der Waals surface area contributed by atoms with E-state index in [0.29, 0.717) is 13.2 Å². The maximum Gasteiger partial charge on any atom is 0.155 e. The SMILES string of the molecule is CC1OC[C@@H](O)[C@H]([C@H](O)[C@@H](O)CNCCCOc2ccc3cc(CCCCN)ccc3c2)O1. The fourth-order valence-electron chi connectivity index (χ4n) is 3.96. The van der Waals surface area contributed by atoms with Crippen molar-refractivity contribution in [1.29, 1.82) is 0 Å². The predicted octanol–water partition coefficient (Wildman–Crippen LogP) is 1.32. The number of nitrogens with one attached hydrogen (secondary N) is 1. The molecule has 8 nitrogen and oxygen atoms in total. The number of benzene rings is 2. The second kappa shape index (κ2) is 13.2. The molecule has 6 N–H and O–H groups in total. The summed E-state index contributed by atoms with van der Waals surface area (Å²) in [5.41, 5.74) is 6.90. The molecule has 0 bridgehead atoms. The summed E-state index contributed by atoms with van der Waals surface area (Å²) >= 11 is 0. The van der Waals surface area contributed by atoms with Gasteiger partial charge >= 0.3 is 0 Å². The number of aliphatic hydroxyl groups is 3. The second-order valence-corrected chi connectivity index (χ2v) is 8.62. The van der Waals surface area contributed by atoms with Gasteiger partial charge in [0.2, 0.25) is 0 Å². The minimum atomic E-state index is -1.20. The maximum atomic E-state index is 10.3. The Morgan fingerprint density at radius 1 is 1.12 bits per heavy atom. The summed E-state index contributed by atoms with van der Waals surface area (Å²) in [6.07, 6.45) is -0.675. The quantitative estimate of drug-likeness (QED) is 0.282. The molecule has 0 radical (unpaired) electrons. The van der Waals surface area contributed by atoms with Crippen LogP contribution >= 0.6 is 0 Å². The fraction of sp³-hybridized carbons (Fsp3) is 0.600. The molecule has 0 aliphatic carbocycles. The van der Waals surface area contributed by atoms with E-state index in [1.807, 2.05) is 12.1 Å². The summed E-state index contributed by atoms with van der Waals surface area (Å²) in [5, 5.41) is 35.9. The summed E-state index contributed by atoms with van der Waals surface area (Å²) in [6.45, 7) is 3.84. The van der Waals surface area contributed by atoms with Gasteiger partial charge in [0.05, 0.1) is 19.3 Å². The average molecular weight is 463 g/mol. The Morgan fingerprint density at radius 2 is 1.91 bits per heavy atom. The van der Waals surface area contributed by atoms with Crippen molar-refractivity contribution >= 4 is 10.8 Å². The number of fused-ring (bicyclic) bond motifs is 1. The number of hydrogen-bond donors (Lipinski definition) is 5. The first-order valence-corrected chi connectivity index (χ1v) is 11.9. The van der Waals surface area contributed by atoms with Crippen molar-refractivity contribution in [3.8, 4) is 5.75 Å². The Hall–Kier alpha value is -1.78. The standard InChI is InChI=1S/C25H38N2O6/c1-17-32-16-23(29)25(33-17)24(30)22(28)15-27-11-4-12-31-21-9-8-19-13-18(5-2-3-10-26)6-7-20(19)14-21/h6-9,13-14,17,22-25,27-30H,2-5,10-12,15-16,26H2,1H3/t17?,22-,23+,24+,25+/m0/s1. The molecule has 33 heavy (non-hydrogen) atoms. The third-order valence-corrected chi connectivity index (χ3v) is 5.88. The lowest BCUT2D eigenvalue weighted by Gasteiger charge is -2.36. The van der Waals surface area contributed by atoms with Crippen LogP contribution < -0.4 is 15.8 Å². The van der Waals surface area contributed by atoms with Crippen LogP contribution in [-0.4, -0.2) is 78.9 Å². The van der Waals surface area contributed by atoms with Crippen LogP contribution in [0.15, 0.2) is 36.4 Å². The molecular formula is C25H38N2O6. The Kier molecular flexibility index (Phi) is 10.3. The topological polar surface area (TPSA) is 126 Å². The van der Waals surface area contributed by atoms with Gasteiger partial charge in [0.1, 0.15) is 24.1 Å². The van der Waals surface area contributed by atoms with Crippen molar-refractivity contribution in [3.63, 3.8) is 0 Å².